The van der Waals surface area contributed by atoms with E-state index in [0.29, 0.717) is 48.3 Å². The molecule has 10 heteroatoms. The lowest BCUT2D eigenvalue weighted by molar-refractivity contribution is -0.136. The molecule has 1 fully saturated rings. The lowest BCUT2D eigenvalue weighted by Gasteiger charge is -2.34. The second kappa shape index (κ2) is 9.40. The van der Waals surface area contributed by atoms with Crippen molar-refractivity contribution in [3.05, 3.63) is 45.7 Å². The van der Waals surface area contributed by atoms with Crippen molar-refractivity contribution in [2.75, 3.05) is 18.8 Å². The number of amides is 2. The van der Waals surface area contributed by atoms with Crippen LogP contribution in [0, 0.1) is 0 Å². The molecule has 0 spiro atoms. The summed E-state index contributed by atoms with van der Waals surface area (Å²) in [5, 5.41) is 1.88. The summed E-state index contributed by atoms with van der Waals surface area (Å²) >= 11 is 13.3. The molecule has 4 heterocycles. The number of halogens is 2. The number of aryl methyl sites for hydroxylation is 1. The predicted molar refractivity (Wildman–Crippen MR) is 146 cm³/mol. The van der Waals surface area contributed by atoms with Gasteiger partial charge in [-0.1, -0.05) is 23.2 Å². The molecule has 1 saturated heterocycles. The van der Waals surface area contributed by atoms with Gasteiger partial charge < -0.3 is 19.9 Å². The number of nitrogens with two attached hydrogens (primary N) is 1. The number of rotatable bonds is 2. The van der Waals surface area contributed by atoms with Gasteiger partial charge in [0.2, 0.25) is 5.91 Å². The molecular weight excluding hydrogens is 513 g/mol. The highest BCUT2D eigenvalue weighted by Crippen LogP contribution is 2.43. The number of nitrogen functional groups attached to an aromatic ring is 1. The molecule has 2 aliphatic rings. The van der Waals surface area contributed by atoms with E-state index in [1.807, 2.05) is 44.9 Å². The number of aromatic nitrogens is 2. The maximum absolute atomic E-state index is 13.7. The predicted octanol–water partition coefficient (Wildman–Crippen LogP) is 5.41. The second-order valence-electron chi connectivity index (χ2n) is 10.7. The van der Waals surface area contributed by atoms with Crippen LogP contribution < -0.4 is 5.73 Å². The van der Waals surface area contributed by atoms with Crippen LogP contribution in [0.15, 0.2) is 24.4 Å². The molecule has 1 aromatic carbocycles. The van der Waals surface area contributed by atoms with Crippen LogP contribution in [-0.4, -0.2) is 56.1 Å². The van der Waals surface area contributed by atoms with Crippen LogP contribution in [0.3, 0.4) is 0 Å². The Labute approximate surface area is 226 Å². The van der Waals surface area contributed by atoms with Crippen LogP contribution in [0.4, 0.5) is 10.6 Å². The van der Waals surface area contributed by atoms with E-state index in [4.69, 9.17) is 33.7 Å². The fourth-order valence-corrected chi connectivity index (χ4v) is 5.94. The Morgan fingerprint density at radius 2 is 1.95 bits per heavy atom. The summed E-state index contributed by atoms with van der Waals surface area (Å²) in [6.07, 6.45) is 3.34. The number of fused-ring (bicyclic) bond motifs is 3. The number of carbonyl (C=O) groups excluding carboxylic acids is 2. The van der Waals surface area contributed by atoms with Gasteiger partial charge in [-0.15, -0.1) is 0 Å². The van der Waals surface area contributed by atoms with E-state index < -0.39 is 17.7 Å². The van der Waals surface area contributed by atoms with E-state index in [1.54, 1.807) is 17.2 Å². The molecule has 2 aromatic heterocycles. The molecule has 2 N–H and O–H groups in total. The Kier molecular flexibility index (Phi) is 6.52. The smallest absolute Gasteiger partial charge is 0.410 e. The number of likely N-dealkylation sites (tertiary alicyclic amines) is 1. The van der Waals surface area contributed by atoms with E-state index in [0.717, 1.165) is 39.7 Å². The summed E-state index contributed by atoms with van der Waals surface area (Å²) in [6.45, 7) is 6.97. The minimum Gasteiger partial charge on any atom is -0.444 e. The van der Waals surface area contributed by atoms with Crippen molar-refractivity contribution in [3.8, 4) is 11.1 Å². The quantitative estimate of drug-likeness (QED) is 0.466. The van der Waals surface area contributed by atoms with Crippen LogP contribution in [-0.2, 0) is 29.5 Å². The zero-order chi connectivity index (χ0) is 26.6. The Morgan fingerprint density at radius 3 is 2.62 bits per heavy atom. The van der Waals surface area contributed by atoms with E-state index in [9.17, 15) is 9.59 Å². The summed E-state index contributed by atoms with van der Waals surface area (Å²) in [7, 11) is 1.98. The first-order valence-electron chi connectivity index (χ1n) is 12.4. The van der Waals surface area contributed by atoms with Crippen LogP contribution in [0.5, 0.6) is 0 Å². The van der Waals surface area contributed by atoms with Gasteiger partial charge in [-0.3, -0.25) is 9.69 Å². The average Bonchev–Trinajstić information content (AvgIpc) is 3.44. The van der Waals surface area contributed by atoms with Gasteiger partial charge in [-0.2, -0.15) is 0 Å². The highest BCUT2D eigenvalue weighted by atomic mass is 35.5. The number of ether oxygens (including phenoxy) is 1. The molecule has 196 valence electrons. The zero-order valence-corrected chi connectivity index (χ0v) is 23.0. The first-order valence-corrected chi connectivity index (χ1v) is 13.2. The fourth-order valence-electron chi connectivity index (χ4n) is 5.47. The van der Waals surface area contributed by atoms with Gasteiger partial charge >= 0.3 is 6.09 Å². The minimum atomic E-state index is -0.621. The monoisotopic (exact) mass is 543 g/mol. The average molecular weight is 544 g/mol. The van der Waals surface area contributed by atoms with Crippen molar-refractivity contribution in [1.82, 2.24) is 19.4 Å². The minimum absolute atomic E-state index is 0.0539. The third-order valence-electron chi connectivity index (χ3n) is 7.13. The molecule has 0 saturated carbocycles. The highest BCUT2D eigenvalue weighted by molar-refractivity contribution is 6.45. The van der Waals surface area contributed by atoms with Crippen LogP contribution in [0.2, 0.25) is 10.0 Å². The summed E-state index contributed by atoms with van der Waals surface area (Å²) in [4.78, 5) is 34.3. The standard InChI is InChI=1S/C27H31Cl2N5O3/c1-27(2,3)37-26(36)34-10-5-6-20(34)25(35)33-11-9-19-17(14-33)22-16(15-7-8-21(30)31-13-15)12-18(28)23(29)24(22)32(19)4/h7-8,12-13,20H,5-6,9-11,14H2,1-4H3,(H2,30,31). The first-order chi connectivity index (χ1) is 17.5. The molecule has 1 atom stereocenters. The molecule has 0 radical (unpaired) electrons. The van der Waals surface area contributed by atoms with E-state index >= 15 is 0 Å². The van der Waals surface area contributed by atoms with E-state index in [2.05, 4.69) is 9.55 Å². The number of pyridine rings is 1. The summed E-state index contributed by atoms with van der Waals surface area (Å²) in [5.41, 5.74) is 9.93. The first kappa shape index (κ1) is 25.7. The topological polar surface area (TPSA) is 93.7 Å². The Bertz CT molecular complexity index is 1390. The molecule has 1 unspecified atom stereocenters. The van der Waals surface area contributed by atoms with Crippen LogP contribution in [0.25, 0.3) is 22.0 Å². The molecule has 5 rings (SSSR count). The Hall–Kier alpha value is -2.97. The van der Waals surface area contributed by atoms with Gasteiger partial charge in [-0.25, -0.2) is 9.78 Å². The van der Waals surface area contributed by atoms with Gasteiger partial charge in [0.15, 0.2) is 0 Å². The van der Waals surface area contributed by atoms with E-state index in [-0.39, 0.29) is 5.91 Å². The molecule has 0 aliphatic carbocycles. The fraction of sp³-hybridized carbons (Fsp3) is 0.444. The zero-order valence-electron chi connectivity index (χ0n) is 21.5. The molecule has 2 amide bonds. The number of anilines is 1. The van der Waals surface area contributed by atoms with Crippen molar-refractivity contribution in [3.63, 3.8) is 0 Å². The van der Waals surface area contributed by atoms with Crippen molar-refractivity contribution in [2.45, 2.75) is 58.2 Å². The lowest BCUT2D eigenvalue weighted by Crippen LogP contribution is -2.50. The Morgan fingerprint density at radius 1 is 1.19 bits per heavy atom. The largest absolute Gasteiger partial charge is 0.444 e. The molecule has 2 aliphatic heterocycles. The molecule has 37 heavy (non-hydrogen) atoms. The van der Waals surface area contributed by atoms with E-state index in [1.165, 1.54) is 0 Å². The maximum Gasteiger partial charge on any atom is 0.410 e. The van der Waals surface area contributed by atoms with Crippen molar-refractivity contribution >= 4 is 51.9 Å². The second-order valence-corrected chi connectivity index (χ2v) is 11.5. The van der Waals surface area contributed by atoms with Gasteiger partial charge in [0.1, 0.15) is 17.5 Å². The molecule has 8 nitrogen and oxygen atoms in total. The number of nitrogens with zero attached hydrogens (tertiary/aromatic N) is 4. The van der Waals surface area contributed by atoms with Gasteiger partial charge in [0.05, 0.1) is 15.6 Å². The van der Waals surface area contributed by atoms with Crippen molar-refractivity contribution < 1.29 is 14.3 Å². The Balaban J connectivity index is 1.53. The number of hydrogen-bond acceptors (Lipinski definition) is 5. The summed E-state index contributed by atoms with van der Waals surface area (Å²) in [6, 6.07) is 4.98. The van der Waals surface area contributed by atoms with Gasteiger partial charge in [-0.05, 0) is 57.4 Å². The van der Waals surface area contributed by atoms with Gasteiger partial charge in [0.25, 0.3) is 0 Å². The summed E-state index contributed by atoms with van der Waals surface area (Å²) < 4.78 is 7.66. The van der Waals surface area contributed by atoms with Crippen LogP contribution in [0.1, 0.15) is 44.9 Å². The number of carbonyl (C=O) groups is 2. The maximum atomic E-state index is 13.7. The third-order valence-corrected chi connectivity index (χ3v) is 7.91. The highest BCUT2D eigenvalue weighted by Gasteiger charge is 2.40. The number of benzene rings is 1. The molecule has 3 aromatic rings. The molecular formula is C27H31Cl2N5O3. The van der Waals surface area contributed by atoms with Crippen molar-refractivity contribution in [2.24, 2.45) is 7.05 Å². The van der Waals surface area contributed by atoms with Crippen molar-refractivity contribution in [1.29, 1.82) is 0 Å². The summed E-state index contributed by atoms with van der Waals surface area (Å²) in [5.74, 6) is 0.375. The molecule has 0 bridgehead atoms. The third kappa shape index (κ3) is 4.61. The normalized spacial score (nSPS) is 17.8. The van der Waals surface area contributed by atoms with Gasteiger partial charge in [0, 0.05) is 61.5 Å². The number of hydrogen-bond donors (Lipinski definition) is 1. The lowest BCUT2D eigenvalue weighted by atomic mass is 9.96. The van der Waals surface area contributed by atoms with Crippen LogP contribution >= 0.6 is 23.2 Å². The SMILES string of the molecule is Cn1c2c(c3c(-c4ccc(N)nc4)cc(Cl)c(Cl)c31)CN(C(=O)C1CCCN1C(=O)OC(C)(C)C)CC2.